The summed E-state index contributed by atoms with van der Waals surface area (Å²) in [6.07, 6.45) is 5.38. The second-order valence-corrected chi connectivity index (χ2v) is 9.08. The second kappa shape index (κ2) is 3.75. The molecule has 1 saturated carbocycles. The first kappa shape index (κ1) is 10.0. The zero-order chi connectivity index (χ0) is 9.19. The molecule has 0 saturated heterocycles. The maximum Gasteiger partial charge on any atom is 0.184 e. The summed E-state index contributed by atoms with van der Waals surface area (Å²) >= 11 is 0. The molecular weight excluding hydrogens is 164 g/mol. The van der Waals surface area contributed by atoms with Crippen LogP contribution in [0.15, 0.2) is 12.2 Å². The van der Waals surface area contributed by atoms with Crippen LogP contribution in [0.25, 0.3) is 0 Å². The van der Waals surface area contributed by atoms with Crippen molar-refractivity contribution in [1.29, 1.82) is 0 Å². The zero-order valence-electron chi connectivity index (χ0n) is 8.52. The van der Waals surface area contributed by atoms with E-state index in [1.807, 2.05) is 0 Å². The van der Waals surface area contributed by atoms with Gasteiger partial charge < -0.3 is 4.43 Å². The highest BCUT2D eigenvalue weighted by molar-refractivity contribution is 6.69. The smallest absolute Gasteiger partial charge is 0.184 e. The van der Waals surface area contributed by atoms with Crippen LogP contribution >= 0.6 is 0 Å². The standard InChI is InChI=1S/C10H20OSi/c1-9-7-5-6-8-10(9)11-12(2,3)4/h10H,1,5-8H2,2-4H3. The fraction of sp³-hybridized carbons (Fsp3) is 0.800. The van der Waals surface area contributed by atoms with Gasteiger partial charge in [-0.1, -0.05) is 18.6 Å². The van der Waals surface area contributed by atoms with Gasteiger partial charge in [0.1, 0.15) is 0 Å². The summed E-state index contributed by atoms with van der Waals surface area (Å²) in [5.74, 6) is 0. The molecule has 70 valence electrons. The van der Waals surface area contributed by atoms with Crippen LogP contribution in [0.2, 0.25) is 19.6 Å². The molecule has 1 aliphatic rings. The number of rotatable bonds is 2. The molecule has 0 amide bonds. The Morgan fingerprint density at radius 2 is 2.00 bits per heavy atom. The molecule has 1 fully saturated rings. The molecule has 0 radical (unpaired) electrons. The predicted molar refractivity (Wildman–Crippen MR) is 55.8 cm³/mol. The summed E-state index contributed by atoms with van der Waals surface area (Å²) in [4.78, 5) is 0. The van der Waals surface area contributed by atoms with Gasteiger partial charge in [-0.3, -0.25) is 0 Å². The molecule has 0 spiro atoms. The largest absolute Gasteiger partial charge is 0.411 e. The molecule has 0 aromatic carbocycles. The van der Waals surface area contributed by atoms with Gasteiger partial charge in [-0.2, -0.15) is 0 Å². The molecule has 0 aromatic heterocycles. The Kier molecular flexibility index (Phi) is 3.13. The highest BCUT2D eigenvalue weighted by Gasteiger charge is 2.24. The fourth-order valence-corrected chi connectivity index (χ4v) is 2.75. The molecule has 1 aliphatic carbocycles. The SMILES string of the molecule is C=C1CCCCC1O[Si](C)(C)C. The van der Waals surface area contributed by atoms with Gasteiger partial charge in [0.15, 0.2) is 8.32 Å². The van der Waals surface area contributed by atoms with Crippen LogP contribution in [0.5, 0.6) is 0 Å². The summed E-state index contributed by atoms with van der Waals surface area (Å²) in [5.41, 5.74) is 1.32. The van der Waals surface area contributed by atoms with Crippen molar-refractivity contribution >= 4 is 8.32 Å². The third-order valence-electron chi connectivity index (χ3n) is 2.17. The minimum Gasteiger partial charge on any atom is -0.411 e. The van der Waals surface area contributed by atoms with Gasteiger partial charge in [0.05, 0.1) is 6.10 Å². The van der Waals surface area contributed by atoms with Gasteiger partial charge in [-0.25, -0.2) is 0 Å². The van der Waals surface area contributed by atoms with Gasteiger partial charge in [0.25, 0.3) is 0 Å². The van der Waals surface area contributed by atoms with Gasteiger partial charge in [-0.05, 0) is 38.9 Å². The van der Waals surface area contributed by atoms with Crippen molar-refractivity contribution in [2.45, 2.75) is 51.4 Å². The maximum absolute atomic E-state index is 6.03. The van der Waals surface area contributed by atoms with Crippen LogP contribution in [0.4, 0.5) is 0 Å². The van der Waals surface area contributed by atoms with Crippen molar-refractivity contribution in [3.8, 4) is 0 Å². The van der Waals surface area contributed by atoms with Crippen LogP contribution in [0.3, 0.4) is 0 Å². The van der Waals surface area contributed by atoms with Gasteiger partial charge in [0.2, 0.25) is 0 Å². The van der Waals surface area contributed by atoms with Gasteiger partial charge >= 0.3 is 0 Å². The summed E-state index contributed by atoms with van der Waals surface area (Å²) in [7, 11) is -1.35. The van der Waals surface area contributed by atoms with E-state index in [2.05, 4.69) is 26.2 Å². The van der Waals surface area contributed by atoms with Gasteiger partial charge in [-0.15, -0.1) is 0 Å². The Morgan fingerprint density at radius 1 is 1.33 bits per heavy atom. The number of hydrogen-bond acceptors (Lipinski definition) is 1. The van der Waals surface area contributed by atoms with E-state index in [0.29, 0.717) is 6.10 Å². The molecule has 12 heavy (non-hydrogen) atoms. The highest BCUT2D eigenvalue weighted by atomic mass is 28.4. The Morgan fingerprint density at radius 3 is 2.50 bits per heavy atom. The molecule has 1 unspecified atom stereocenters. The zero-order valence-corrected chi connectivity index (χ0v) is 9.52. The lowest BCUT2D eigenvalue weighted by Crippen LogP contribution is -2.34. The monoisotopic (exact) mass is 184 g/mol. The molecule has 1 nitrogen and oxygen atoms in total. The first-order chi connectivity index (χ1) is 5.49. The van der Waals surface area contributed by atoms with Crippen LogP contribution in [0.1, 0.15) is 25.7 Å². The van der Waals surface area contributed by atoms with Crippen molar-refractivity contribution < 1.29 is 4.43 Å². The van der Waals surface area contributed by atoms with Crippen LogP contribution in [0, 0.1) is 0 Å². The van der Waals surface area contributed by atoms with Crippen molar-refractivity contribution in [2.24, 2.45) is 0 Å². The Labute approximate surface area is 76.9 Å². The quantitative estimate of drug-likeness (QED) is 0.472. The highest BCUT2D eigenvalue weighted by Crippen LogP contribution is 2.26. The van der Waals surface area contributed by atoms with Crippen molar-refractivity contribution in [1.82, 2.24) is 0 Å². The van der Waals surface area contributed by atoms with Crippen LogP contribution in [-0.2, 0) is 4.43 Å². The van der Waals surface area contributed by atoms with E-state index in [0.717, 1.165) is 0 Å². The van der Waals surface area contributed by atoms with E-state index in [-0.39, 0.29) is 0 Å². The third kappa shape index (κ3) is 3.11. The molecule has 0 aliphatic heterocycles. The topological polar surface area (TPSA) is 9.23 Å². The average Bonchev–Trinajstić information content (AvgIpc) is 1.91. The average molecular weight is 184 g/mol. The first-order valence-corrected chi connectivity index (χ1v) is 8.25. The van der Waals surface area contributed by atoms with Crippen LogP contribution < -0.4 is 0 Å². The molecule has 0 heterocycles. The summed E-state index contributed by atoms with van der Waals surface area (Å²) in [5, 5.41) is 0. The third-order valence-corrected chi connectivity index (χ3v) is 3.16. The fourth-order valence-electron chi connectivity index (χ4n) is 1.62. The lowest BCUT2D eigenvalue weighted by molar-refractivity contribution is 0.197. The van der Waals surface area contributed by atoms with E-state index in [4.69, 9.17) is 4.43 Å². The van der Waals surface area contributed by atoms with Crippen molar-refractivity contribution in [3.63, 3.8) is 0 Å². The Bertz CT molecular complexity index is 169. The Hall–Kier alpha value is -0.0831. The van der Waals surface area contributed by atoms with E-state index >= 15 is 0 Å². The molecule has 1 atom stereocenters. The van der Waals surface area contributed by atoms with Gasteiger partial charge in [0, 0.05) is 0 Å². The van der Waals surface area contributed by atoms with E-state index in [1.54, 1.807) is 0 Å². The molecule has 0 aromatic rings. The van der Waals surface area contributed by atoms with Crippen molar-refractivity contribution in [2.75, 3.05) is 0 Å². The number of hydrogen-bond donors (Lipinski definition) is 0. The molecule has 0 bridgehead atoms. The summed E-state index contributed by atoms with van der Waals surface area (Å²) in [6, 6.07) is 0. The van der Waals surface area contributed by atoms with E-state index in [9.17, 15) is 0 Å². The summed E-state index contributed by atoms with van der Waals surface area (Å²) < 4.78 is 6.03. The molecular formula is C10H20OSi. The molecule has 1 rings (SSSR count). The van der Waals surface area contributed by atoms with Crippen molar-refractivity contribution in [3.05, 3.63) is 12.2 Å². The molecule has 0 N–H and O–H groups in total. The summed E-state index contributed by atoms with van der Waals surface area (Å²) in [6.45, 7) is 10.8. The molecule has 2 heteroatoms. The minimum absolute atomic E-state index is 0.380. The maximum atomic E-state index is 6.03. The lowest BCUT2D eigenvalue weighted by Gasteiger charge is -2.30. The van der Waals surface area contributed by atoms with Crippen LogP contribution in [-0.4, -0.2) is 14.4 Å². The Balaban J connectivity index is 2.45. The predicted octanol–water partition coefficient (Wildman–Crippen LogP) is 3.34. The van der Waals surface area contributed by atoms with E-state index < -0.39 is 8.32 Å². The lowest BCUT2D eigenvalue weighted by atomic mass is 9.94. The van der Waals surface area contributed by atoms with E-state index in [1.165, 1.54) is 31.3 Å². The normalized spacial score (nSPS) is 25.9. The minimum atomic E-state index is -1.35. The second-order valence-electron chi connectivity index (χ2n) is 4.62. The first-order valence-electron chi connectivity index (χ1n) is 4.84.